The van der Waals surface area contributed by atoms with Gasteiger partial charge in [-0.25, -0.2) is 4.79 Å². The van der Waals surface area contributed by atoms with Crippen LogP contribution >= 0.6 is 19.6 Å². The summed E-state index contributed by atoms with van der Waals surface area (Å²) in [6, 6.07) is 0. The van der Waals surface area contributed by atoms with Crippen molar-refractivity contribution in [2.45, 2.75) is 11.3 Å². The highest BCUT2D eigenvalue weighted by Crippen LogP contribution is 2.34. The number of carboxylic acids is 1. The summed E-state index contributed by atoms with van der Waals surface area (Å²) < 4.78 is 11.0. The molecule has 1 aliphatic heterocycles. The molecule has 0 bridgehead atoms. The van der Waals surface area contributed by atoms with Crippen molar-refractivity contribution in [3.05, 3.63) is 0 Å². The lowest BCUT2D eigenvalue weighted by atomic mass is 10.2. The van der Waals surface area contributed by atoms with Crippen LogP contribution in [0.5, 0.6) is 0 Å². The molecule has 0 aromatic rings. The Hall–Kier alpha value is -0.0300. The van der Waals surface area contributed by atoms with Crippen molar-refractivity contribution in [3.63, 3.8) is 0 Å². The van der Waals surface area contributed by atoms with Crippen molar-refractivity contribution < 1.29 is 19.6 Å². The fourth-order valence-corrected chi connectivity index (χ4v) is 3.45. The van der Waals surface area contributed by atoms with Crippen LogP contribution in [0, 0.1) is 0 Å². The number of nitrogens with one attached hydrogen (secondary N) is 1. The molecule has 0 aromatic heterocycles. The molecule has 7 heteroatoms. The summed E-state index contributed by atoms with van der Waals surface area (Å²) in [7, 11) is -2.00. The zero-order valence-corrected chi connectivity index (χ0v) is 9.47. The summed E-state index contributed by atoms with van der Waals surface area (Å²) in [4.78, 5) is 10.0. The Labute approximate surface area is 87.1 Å². The lowest BCUT2D eigenvalue weighted by Gasteiger charge is -2.22. The Morgan fingerprint density at radius 3 is 2.79 bits per heavy atom. The molecule has 0 saturated carbocycles. The average molecular weight is 239 g/mol. The maximum atomic E-state index is 11.0. The van der Waals surface area contributed by atoms with E-state index < -0.39 is 18.6 Å². The number of hydrogen-bond acceptors (Lipinski definition) is 5. The van der Waals surface area contributed by atoms with E-state index in [1.807, 2.05) is 0 Å². The fraction of sp³-hybridized carbons (Fsp3) is 0.857. The quantitative estimate of drug-likeness (QED) is 0.586. The molecule has 1 rings (SSSR count). The van der Waals surface area contributed by atoms with E-state index in [0.29, 0.717) is 13.0 Å². The minimum atomic E-state index is -2.00. The Morgan fingerprint density at radius 2 is 2.36 bits per heavy atom. The normalized spacial score (nSPS) is 28.9. The topological polar surface area (TPSA) is 86.6 Å². The van der Waals surface area contributed by atoms with Crippen molar-refractivity contribution in [1.29, 1.82) is 0 Å². The first kappa shape index (κ1) is 12.0. The molecule has 14 heavy (non-hydrogen) atoms. The standard InChI is InChI=1S/C7H14NO4PS/c9-5-13(12)3-1-7(6(10)11)8-2-4-14-7/h8-9,13H,1-5H2,(H,10,11). The van der Waals surface area contributed by atoms with Gasteiger partial charge in [-0.2, -0.15) is 0 Å². The molecule has 1 heterocycles. The minimum absolute atomic E-state index is 0.285. The van der Waals surface area contributed by atoms with Crippen molar-refractivity contribution in [3.8, 4) is 0 Å². The van der Waals surface area contributed by atoms with Crippen LogP contribution < -0.4 is 5.32 Å². The molecule has 1 fully saturated rings. The monoisotopic (exact) mass is 239 g/mol. The number of rotatable bonds is 5. The first-order valence-corrected chi connectivity index (χ1v) is 7.16. The molecule has 0 spiro atoms. The zero-order chi connectivity index (χ0) is 10.6. The van der Waals surface area contributed by atoms with Crippen LogP contribution in [0.1, 0.15) is 6.42 Å². The van der Waals surface area contributed by atoms with Gasteiger partial charge in [0.15, 0.2) is 4.87 Å². The zero-order valence-electron chi connectivity index (χ0n) is 7.65. The van der Waals surface area contributed by atoms with Crippen LogP contribution in [0.25, 0.3) is 0 Å². The van der Waals surface area contributed by atoms with Crippen LogP contribution in [0.4, 0.5) is 0 Å². The Balaban J connectivity index is 2.52. The number of aliphatic carboxylic acids is 1. The predicted molar refractivity (Wildman–Crippen MR) is 56.4 cm³/mol. The number of aliphatic hydroxyl groups is 1. The molecule has 0 radical (unpaired) electrons. The smallest absolute Gasteiger partial charge is 0.334 e. The largest absolute Gasteiger partial charge is 0.479 e. The van der Waals surface area contributed by atoms with Gasteiger partial charge in [-0.05, 0) is 6.42 Å². The van der Waals surface area contributed by atoms with E-state index in [1.54, 1.807) is 0 Å². The van der Waals surface area contributed by atoms with E-state index in [4.69, 9.17) is 10.2 Å². The van der Waals surface area contributed by atoms with E-state index in [1.165, 1.54) is 11.8 Å². The van der Waals surface area contributed by atoms with Gasteiger partial charge in [0.05, 0.1) is 6.35 Å². The molecule has 0 aromatic carbocycles. The summed E-state index contributed by atoms with van der Waals surface area (Å²) in [6.07, 6.45) is 0.268. The average Bonchev–Trinajstić information content (AvgIpc) is 2.64. The van der Waals surface area contributed by atoms with Gasteiger partial charge in [-0.15, -0.1) is 11.8 Å². The Bertz CT molecular complexity index is 242. The summed E-state index contributed by atoms with van der Waals surface area (Å²) in [6.45, 7) is 0.664. The number of thioether (sulfide) groups is 1. The van der Waals surface area contributed by atoms with Gasteiger partial charge in [-0.1, -0.05) is 0 Å². The highest BCUT2D eigenvalue weighted by Gasteiger charge is 2.41. The summed E-state index contributed by atoms with van der Waals surface area (Å²) in [5.41, 5.74) is 0. The van der Waals surface area contributed by atoms with E-state index in [-0.39, 0.29) is 12.5 Å². The van der Waals surface area contributed by atoms with Crippen molar-refractivity contribution >= 4 is 25.5 Å². The van der Waals surface area contributed by atoms with Gasteiger partial charge in [0.2, 0.25) is 0 Å². The lowest BCUT2D eigenvalue weighted by Crippen LogP contribution is -2.45. The number of aliphatic hydroxyl groups excluding tert-OH is 1. The van der Waals surface area contributed by atoms with Crippen LogP contribution in [0.2, 0.25) is 0 Å². The molecule has 1 saturated heterocycles. The van der Waals surface area contributed by atoms with E-state index in [9.17, 15) is 9.36 Å². The Kier molecular flexibility index (Phi) is 4.44. The van der Waals surface area contributed by atoms with Gasteiger partial charge in [0.1, 0.15) is 7.80 Å². The first-order chi connectivity index (χ1) is 6.60. The second-order valence-electron chi connectivity index (χ2n) is 3.10. The number of hydrogen-bond donors (Lipinski definition) is 3. The molecule has 82 valence electrons. The highest BCUT2D eigenvalue weighted by atomic mass is 32.2. The van der Waals surface area contributed by atoms with Gasteiger partial charge in [0.25, 0.3) is 0 Å². The third-order valence-electron chi connectivity index (χ3n) is 2.14. The molecular formula is C7H14NO4PS. The molecule has 0 amide bonds. The third kappa shape index (κ3) is 2.73. The minimum Gasteiger partial charge on any atom is -0.479 e. The Morgan fingerprint density at radius 1 is 1.64 bits per heavy atom. The van der Waals surface area contributed by atoms with Crippen molar-refractivity contribution in [2.24, 2.45) is 0 Å². The van der Waals surface area contributed by atoms with Gasteiger partial charge in [0, 0.05) is 18.5 Å². The molecule has 5 nitrogen and oxygen atoms in total. The van der Waals surface area contributed by atoms with Crippen LogP contribution in [0.15, 0.2) is 0 Å². The maximum absolute atomic E-state index is 11.0. The second-order valence-corrected chi connectivity index (χ2v) is 6.39. The molecule has 1 aliphatic rings. The maximum Gasteiger partial charge on any atom is 0.334 e. The SMILES string of the molecule is O=C(O)C1(CC[PH](=O)CO)NCCS1. The van der Waals surface area contributed by atoms with Gasteiger partial charge >= 0.3 is 5.97 Å². The van der Waals surface area contributed by atoms with Crippen LogP contribution in [-0.2, 0) is 9.36 Å². The fourth-order valence-electron chi connectivity index (χ4n) is 1.33. The second kappa shape index (κ2) is 5.16. The summed E-state index contributed by atoms with van der Waals surface area (Å²) in [5, 5.41) is 20.5. The van der Waals surface area contributed by atoms with E-state index in [0.717, 1.165) is 5.75 Å². The van der Waals surface area contributed by atoms with E-state index in [2.05, 4.69) is 5.32 Å². The molecule has 3 N–H and O–H groups in total. The van der Waals surface area contributed by atoms with Crippen molar-refractivity contribution in [2.75, 3.05) is 24.8 Å². The summed E-state index contributed by atoms with van der Waals surface area (Å²) in [5.74, 6) is -0.153. The third-order valence-corrected chi connectivity index (χ3v) is 4.72. The van der Waals surface area contributed by atoms with Crippen LogP contribution in [0.3, 0.4) is 0 Å². The van der Waals surface area contributed by atoms with Gasteiger partial charge < -0.3 is 14.8 Å². The summed E-state index contributed by atoms with van der Waals surface area (Å²) >= 11 is 1.34. The first-order valence-electron chi connectivity index (χ1n) is 4.36. The lowest BCUT2D eigenvalue weighted by molar-refractivity contribution is -0.140. The van der Waals surface area contributed by atoms with Gasteiger partial charge in [-0.3, -0.25) is 5.32 Å². The predicted octanol–water partition coefficient (Wildman–Crippen LogP) is 0.00330. The molecule has 2 unspecified atom stereocenters. The van der Waals surface area contributed by atoms with Crippen LogP contribution in [-0.4, -0.2) is 45.9 Å². The molecule has 0 aliphatic carbocycles. The molecular weight excluding hydrogens is 225 g/mol. The van der Waals surface area contributed by atoms with Crippen molar-refractivity contribution in [1.82, 2.24) is 5.32 Å². The van der Waals surface area contributed by atoms with E-state index >= 15 is 0 Å². The highest BCUT2D eigenvalue weighted by molar-refractivity contribution is 8.01. The number of carbonyl (C=O) groups is 1. The molecule has 2 atom stereocenters. The number of carboxylic acid groups (broad SMARTS) is 1.